The highest BCUT2D eigenvalue weighted by atomic mass is 19.1. The first kappa shape index (κ1) is 13.2. The minimum Gasteiger partial charge on any atom is -0.312 e. The van der Waals surface area contributed by atoms with Gasteiger partial charge in [-0.05, 0) is 24.3 Å². The molecule has 1 unspecified atom stereocenters. The molecule has 1 aromatic heterocycles. The predicted octanol–water partition coefficient (Wildman–Crippen LogP) is 0.540. The van der Waals surface area contributed by atoms with E-state index in [1.54, 1.807) is 0 Å². The number of rotatable bonds is 3. The molecule has 0 radical (unpaired) electrons. The Hall–Kier alpha value is -2.77. The smallest absolute Gasteiger partial charge is 0.244 e. The van der Waals surface area contributed by atoms with Gasteiger partial charge in [-0.3, -0.25) is 15.0 Å². The fourth-order valence-electron chi connectivity index (χ4n) is 2.23. The summed E-state index contributed by atoms with van der Waals surface area (Å²) in [5.41, 5.74) is 3.16. The number of carbonyl (C=O) groups is 2. The molecule has 0 bridgehead atoms. The molecule has 2 heterocycles. The molecule has 1 aliphatic rings. The van der Waals surface area contributed by atoms with Crippen molar-refractivity contribution >= 4 is 17.5 Å². The zero-order valence-corrected chi connectivity index (χ0v) is 10.9. The number of nitrogens with one attached hydrogen (secondary N) is 1. The minimum absolute atomic E-state index is 0.116. The standard InChI is InChI=1S/C13H12FN5O2/c14-10-1-3-11(4-2-10)19-6-9(5-12(19)20)13(21)17-18-7-15-16-8-18/h1-4,7-9H,5-6H2,(H,17,21). The van der Waals surface area contributed by atoms with Crippen molar-refractivity contribution < 1.29 is 14.0 Å². The quantitative estimate of drug-likeness (QED) is 0.894. The number of aromatic nitrogens is 3. The summed E-state index contributed by atoms with van der Waals surface area (Å²) in [5, 5.41) is 7.15. The normalized spacial score (nSPS) is 18.0. The van der Waals surface area contributed by atoms with E-state index in [1.807, 2.05) is 0 Å². The van der Waals surface area contributed by atoms with Crippen LogP contribution >= 0.6 is 0 Å². The molecule has 0 spiro atoms. The maximum absolute atomic E-state index is 12.9. The molecule has 108 valence electrons. The molecular weight excluding hydrogens is 277 g/mol. The highest BCUT2D eigenvalue weighted by Gasteiger charge is 2.35. The molecule has 1 fully saturated rings. The summed E-state index contributed by atoms with van der Waals surface area (Å²) >= 11 is 0. The average Bonchev–Trinajstić information content (AvgIpc) is 3.09. The van der Waals surface area contributed by atoms with Crippen molar-refractivity contribution in [2.45, 2.75) is 6.42 Å². The van der Waals surface area contributed by atoms with Gasteiger partial charge in [-0.1, -0.05) is 0 Å². The number of hydrogen-bond donors (Lipinski definition) is 1. The average molecular weight is 289 g/mol. The summed E-state index contributed by atoms with van der Waals surface area (Å²) < 4.78 is 14.2. The van der Waals surface area contributed by atoms with Crippen LogP contribution < -0.4 is 10.3 Å². The lowest BCUT2D eigenvalue weighted by atomic mass is 10.1. The van der Waals surface area contributed by atoms with E-state index >= 15 is 0 Å². The van der Waals surface area contributed by atoms with Crippen molar-refractivity contribution in [2.24, 2.45) is 5.92 Å². The molecule has 0 aliphatic carbocycles. The summed E-state index contributed by atoms with van der Waals surface area (Å²) in [7, 11) is 0. The van der Waals surface area contributed by atoms with Gasteiger partial charge in [0.1, 0.15) is 18.5 Å². The van der Waals surface area contributed by atoms with E-state index in [0.717, 1.165) is 0 Å². The van der Waals surface area contributed by atoms with Gasteiger partial charge in [-0.25, -0.2) is 9.07 Å². The number of amides is 2. The highest BCUT2D eigenvalue weighted by Crippen LogP contribution is 2.25. The molecule has 2 amide bonds. The Kier molecular flexibility index (Phi) is 3.35. The fourth-order valence-corrected chi connectivity index (χ4v) is 2.23. The van der Waals surface area contributed by atoms with Crippen LogP contribution in [0.5, 0.6) is 0 Å². The third-order valence-corrected chi connectivity index (χ3v) is 3.29. The number of carbonyl (C=O) groups excluding carboxylic acids is 2. The van der Waals surface area contributed by atoms with E-state index < -0.39 is 5.92 Å². The summed E-state index contributed by atoms with van der Waals surface area (Å²) in [5.74, 6) is -1.28. The van der Waals surface area contributed by atoms with Crippen molar-refractivity contribution in [3.63, 3.8) is 0 Å². The van der Waals surface area contributed by atoms with E-state index in [0.29, 0.717) is 5.69 Å². The molecule has 1 saturated heterocycles. The highest BCUT2D eigenvalue weighted by molar-refractivity contribution is 6.01. The Morgan fingerprint density at radius 3 is 2.57 bits per heavy atom. The van der Waals surface area contributed by atoms with E-state index in [4.69, 9.17) is 0 Å². The van der Waals surface area contributed by atoms with E-state index in [1.165, 1.54) is 46.5 Å². The molecule has 1 aromatic carbocycles. The maximum atomic E-state index is 12.9. The van der Waals surface area contributed by atoms with Gasteiger partial charge >= 0.3 is 0 Å². The Labute approximate surface area is 119 Å². The van der Waals surface area contributed by atoms with Crippen molar-refractivity contribution in [1.29, 1.82) is 0 Å². The zero-order chi connectivity index (χ0) is 14.8. The van der Waals surface area contributed by atoms with Crippen LogP contribution in [0.15, 0.2) is 36.9 Å². The molecule has 7 nitrogen and oxygen atoms in total. The van der Waals surface area contributed by atoms with Crippen LogP contribution in [0.3, 0.4) is 0 Å². The van der Waals surface area contributed by atoms with Crippen LogP contribution in [0, 0.1) is 11.7 Å². The Balaban J connectivity index is 1.69. The van der Waals surface area contributed by atoms with Gasteiger partial charge in [-0.15, -0.1) is 10.2 Å². The van der Waals surface area contributed by atoms with Crippen molar-refractivity contribution in [2.75, 3.05) is 16.9 Å². The number of halogens is 1. The fraction of sp³-hybridized carbons (Fsp3) is 0.231. The molecular formula is C13H12FN5O2. The molecule has 8 heteroatoms. The first-order valence-corrected chi connectivity index (χ1v) is 6.35. The maximum Gasteiger partial charge on any atom is 0.244 e. The summed E-state index contributed by atoms with van der Waals surface area (Å²) in [4.78, 5) is 25.5. The lowest BCUT2D eigenvalue weighted by molar-refractivity contribution is -0.123. The van der Waals surface area contributed by atoms with E-state index in [-0.39, 0.29) is 30.6 Å². The number of benzene rings is 1. The van der Waals surface area contributed by atoms with Crippen LogP contribution in [0.25, 0.3) is 0 Å². The van der Waals surface area contributed by atoms with E-state index in [9.17, 15) is 14.0 Å². The lowest BCUT2D eigenvalue weighted by Gasteiger charge is -2.16. The van der Waals surface area contributed by atoms with Crippen molar-refractivity contribution in [3.8, 4) is 0 Å². The van der Waals surface area contributed by atoms with Gasteiger partial charge in [0.05, 0.1) is 5.92 Å². The minimum atomic E-state index is -0.468. The molecule has 2 aromatic rings. The van der Waals surface area contributed by atoms with Crippen LogP contribution in [-0.4, -0.2) is 33.2 Å². The molecule has 1 N–H and O–H groups in total. The third kappa shape index (κ3) is 2.73. The van der Waals surface area contributed by atoms with Crippen molar-refractivity contribution in [3.05, 3.63) is 42.7 Å². The second-order valence-electron chi connectivity index (χ2n) is 4.73. The van der Waals surface area contributed by atoms with Gasteiger partial charge in [0.15, 0.2) is 0 Å². The lowest BCUT2D eigenvalue weighted by Crippen LogP contribution is -2.31. The number of nitrogens with zero attached hydrogens (tertiary/aromatic N) is 4. The van der Waals surface area contributed by atoms with Crippen LogP contribution in [0.2, 0.25) is 0 Å². The van der Waals surface area contributed by atoms with Crippen LogP contribution in [0.4, 0.5) is 10.1 Å². The predicted molar refractivity (Wildman–Crippen MR) is 71.2 cm³/mol. The second-order valence-corrected chi connectivity index (χ2v) is 4.73. The largest absolute Gasteiger partial charge is 0.312 e. The first-order valence-electron chi connectivity index (χ1n) is 6.35. The molecule has 1 atom stereocenters. The third-order valence-electron chi connectivity index (χ3n) is 3.29. The summed E-state index contributed by atoms with van der Waals surface area (Å²) in [6, 6.07) is 5.61. The number of hydrogen-bond acceptors (Lipinski definition) is 4. The Morgan fingerprint density at radius 2 is 1.90 bits per heavy atom. The van der Waals surface area contributed by atoms with Crippen LogP contribution in [0.1, 0.15) is 6.42 Å². The Morgan fingerprint density at radius 1 is 1.24 bits per heavy atom. The van der Waals surface area contributed by atoms with E-state index in [2.05, 4.69) is 15.6 Å². The first-order chi connectivity index (χ1) is 10.1. The topological polar surface area (TPSA) is 80.1 Å². The monoisotopic (exact) mass is 289 g/mol. The molecule has 0 saturated carbocycles. The van der Waals surface area contributed by atoms with Gasteiger partial charge in [0, 0.05) is 18.7 Å². The van der Waals surface area contributed by atoms with Gasteiger partial charge in [0.2, 0.25) is 11.8 Å². The second kappa shape index (κ2) is 5.31. The molecule has 3 rings (SSSR count). The SMILES string of the molecule is O=C(Nn1cnnc1)C1CC(=O)N(c2ccc(F)cc2)C1. The van der Waals surface area contributed by atoms with Gasteiger partial charge in [-0.2, -0.15) is 0 Å². The Bertz CT molecular complexity index is 656. The van der Waals surface area contributed by atoms with Crippen LogP contribution in [-0.2, 0) is 9.59 Å². The number of anilines is 1. The van der Waals surface area contributed by atoms with Gasteiger partial charge in [0.25, 0.3) is 0 Å². The molecule has 21 heavy (non-hydrogen) atoms. The van der Waals surface area contributed by atoms with Gasteiger partial charge < -0.3 is 4.90 Å². The zero-order valence-electron chi connectivity index (χ0n) is 10.9. The van der Waals surface area contributed by atoms with Crippen molar-refractivity contribution in [1.82, 2.24) is 14.9 Å². The molecule has 1 aliphatic heterocycles. The summed E-state index contributed by atoms with van der Waals surface area (Å²) in [6.07, 6.45) is 2.82. The summed E-state index contributed by atoms with van der Waals surface area (Å²) in [6.45, 7) is 0.262.